The average Bonchev–Trinajstić information content (AvgIpc) is 3.28. The monoisotopic (exact) mass is 453 g/mol. The average molecular weight is 454 g/mol. The number of pyridine rings is 1. The molecule has 1 amide bonds. The Balaban J connectivity index is 1.31. The summed E-state index contributed by atoms with van der Waals surface area (Å²) in [6, 6.07) is 20.8. The number of piperidine rings is 1. The van der Waals surface area contributed by atoms with Gasteiger partial charge in [-0.3, -0.25) is 9.69 Å². The number of aromatic nitrogens is 3. The quantitative estimate of drug-likeness (QED) is 0.455. The number of likely N-dealkylation sites (tertiary alicyclic amines) is 1. The van der Waals surface area contributed by atoms with Crippen molar-refractivity contribution < 1.29 is 4.79 Å². The van der Waals surface area contributed by atoms with E-state index in [0.717, 1.165) is 54.8 Å². The van der Waals surface area contributed by atoms with Gasteiger partial charge in [-0.05, 0) is 38.3 Å². The van der Waals surface area contributed by atoms with Crippen molar-refractivity contribution in [3.05, 3.63) is 83.6 Å². The third-order valence-electron chi connectivity index (χ3n) is 6.63. The molecule has 0 saturated carbocycles. The summed E-state index contributed by atoms with van der Waals surface area (Å²) >= 11 is 0. The highest BCUT2D eigenvalue weighted by Crippen LogP contribution is 2.25. The minimum absolute atomic E-state index is 0.0441. The molecule has 0 spiro atoms. The highest BCUT2D eigenvalue weighted by atomic mass is 16.1. The lowest BCUT2D eigenvalue weighted by atomic mass is 10.0. The van der Waals surface area contributed by atoms with Crippen LogP contribution < -0.4 is 5.32 Å². The molecule has 0 unspecified atom stereocenters. The summed E-state index contributed by atoms with van der Waals surface area (Å²) in [5.74, 6) is -0.0441. The lowest BCUT2D eigenvalue weighted by Gasteiger charge is -2.32. The maximum absolute atomic E-state index is 13.4. The zero-order chi connectivity index (χ0) is 23.5. The van der Waals surface area contributed by atoms with E-state index in [9.17, 15) is 4.79 Å². The number of aryl methyl sites for hydroxylation is 2. The fourth-order valence-corrected chi connectivity index (χ4v) is 4.79. The summed E-state index contributed by atoms with van der Waals surface area (Å²) in [4.78, 5) is 20.7. The molecule has 1 N–H and O–H groups in total. The van der Waals surface area contributed by atoms with Gasteiger partial charge >= 0.3 is 0 Å². The van der Waals surface area contributed by atoms with Crippen LogP contribution in [0, 0.1) is 6.92 Å². The molecule has 6 nitrogen and oxygen atoms in total. The van der Waals surface area contributed by atoms with Gasteiger partial charge in [0.25, 0.3) is 5.91 Å². The first-order valence-corrected chi connectivity index (χ1v) is 12.1. The SMILES string of the molecule is CCn1ncc2c(C(=O)NC3CCN(Cc4cccc(C)c4)CC3)cc(-c3ccccc3)nc21. The van der Waals surface area contributed by atoms with Gasteiger partial charge in [0.1, 0.15) is 0 Å². The summed E-state index contributed by atoms with van der Waals surface area (Å²) in [6.45, 7) is 7.79. The van der Waals surface area contributed by atoms with Crippen LogP contribution in [0.3, 0.4) is 0 Å². The molecule has 2 aromatic carbocycles. The first kappa shape index (κ1) is 22.3. The molecule has 5 rings (SSSR count). The van der Waals surface area contributed by atoms with Crippen molar-refractivity contribution in [2.45, 2.75) is 45.8 Å². The second-order valence-electron chi connectivity index (χ2n) is 9.13. The molecule has 0 bridgehead atoms. The van der Waals surface area contributed by atoms with Crippen LogP contribution in [-0.2, 0) is 13.1 Å². The van der Waals surface area contributed by atoms with Crippen LogP contribution in [0.15, 0.2) is 66.9 Å². The molecule has 174 valence electrons. The van der Waals surface area contributed by atoms with Crippen LogP contribution in [0.1, 0.15) is 41.3 Å². The minimum Gasteiger partial charge on any atom is -0.349 e. The molecule has 0 atom stereocenters. The molecule has 1 saturated heterocycles. The summed E-state index contributed by atoms with van der Waals surface area (Å²) in [6.07, 6.45) is 3.66. The Bertz CT molecular complexity index is 1290. The zero-order valence-corrected chi connectivity index (χ0v) is 19.9. The summed E-state index contributed by atoms with van der Waals surface area (Å²) in [5.41, 5.74) is 5.83. The van der Waals surface area contributed by atoms with Crippen LogP contribution in [0.25, 0.3) is 22.3 Å². The molecule has 6 heteroatoms. The van der Waals surface area contributed by atoms with Gasteiger partial charge in [-0.1, -0.05) is 60.2 Å². The molecule has 2 aromatic heterocycles. The smallest absolute Gasteiger partial charge is 0.252 e. The van der Waals surface area contributed by atoms with Crippen molar-refractivity contribution in [2.75, 3.05) is 13.1 Å². The second kappa shape index (κ2) is 9.77. The Morgan fingerprint density at radius 1 is 1.06 bits per heavy atom. The van der Waals surface area contributed by atoms with E-state index in [1.807, 2.05) is 48.0 Å². The van der Waals surface area contributed by atoms with E-state index in [-0.39, 0.29) is 11.9 Å². The van der Waals surface area contributed by atoms with Gasteiger partial charge in [0, 0.05) is 37.8 Å². The van der Waals surface area contributed by atoms with Crippen LogP contribution in [-0.4, -0.2) is 44.7 Å². The Kier molecular flexibility index (Phi) is 6.41. The molecule has 1 aliphatic heterocycles. The van der Waals surface area contributed by atoms with Crippen molar-refractivity contribution in [3.63, 3.8) is 0 Å². The Morgan fingerprint density at radius 2 is 1.85 bits per heavy atom. The highest BCUT2D eigenvalue weighted by Gasteiger charge is 2.23. The fourth-order valence-electron chi connectivity index (χ4n) is 4.79. The maximum atomic E-state index is 13.4. The Morgan fingerprint density at radius 3 is 2.59 bits per heavy atom. The van der Waals surface area contributed by atoms with Crippen LogP contribution in [0.2, 0.25) is 0 Å². The van der Waals surface area contributed by atoms with Crippen molar-refractivity contribution in [2.24, 2.45) is 0 Å². The van der Waals surface area contributed by atoms with Gasteiger partial charge in [0.2, 0.25) is 0 Å². The first-order valence-electron chi connectivity index (χ1n) is 12.1. The maximum Gasteiger partial charge on any atom is 0.252 e. The van der Waals surface area contributed by atoms with Gasteiger partial charge in [0.15, 0.2) is 5.65 Å². The number of carbonyl (C=O) groups is 1. The van der Waals surface area contributed by atoms with Crippen molar-refractivity contribution >= 4 is 16.9 Å². The third kappa shape index (κ3) is 4.73. The van der Waals surface area contributed by atoms with Gasteiger partial charge in [-0.15, -0.1) is 0 Å². The summed E-state index contributed by atoms with van der Waals surface area (Å²) in [7, 11) is 0. The van der Waals surface area contributed by atoms with Crippen LogP contribution in [0.4, 0.5) is 0 Å². The van der Waals surface area contributed by atoms with E-state index in [1.54, 1.807) is 6.20 Å². The van der Waals surface area contributed by atoms with Gasteiger partial charge in [-0.2, -0.15) is 5.10 Å². The normalized spacial score (nSPS) is 15.0. The predicted octanol–water partition coefficient (Wildman–Crippen LogP) is 4.82. The van der Waals surface area contributed by atoms with Gasteiger partial charge in [-0.25, -0.2) is 9.67 Å². The lowest BCUT2D eigenvalue weighted by Crippen LogP contribution is -2.44. The number of carbonyl (C=O) groups excluding carboxylic acids is 1. The highest BCUT2D eigenvalue weighted by molar-refractivity contribution is 6.06. The van der Waals surface area contributed by atoms with E-state index < -0.39 is 0 Å². The van der Waals surface area contributed by atoms with E-state index in [4.69, 9.17) is 4.98 Å². The van der Waals surface area contributed by atoms with E-state index in [0.29, 0.717) is 12.1 Å². The standard InChI is InChI=1S/C28H31N5O/c1-3-33-27-25(18-29-33)24(17-26(31-27)22-10-5-4-6-11-22)28(34)30-23-12-14-32(15-13-23)19-21-9-7-8-20(2)16-21/h4-11,16-18,23H,3,12-15,19H2,1-2H3,(H,30,34). The minimum atomic E-state index is -0.0441. The Hall–Kier alpha value is -3.51. The third-order valence-corrected chi connectivity index (χ3v) is 6.63. The number of hydrogen-bond acceptors (Lipinski definition) is 4. The first-order chi connectivity index (χ1) is 16.6. The molecule has 4 aromatic rings. The number of fused-ring (bicyclic) bond motifs is 1. The molecular weight excluding hydrogens is 422 g/mol. The summed E-state index contributed by atoms with van der Waals surface area (Å²) in [5, 5.41) is 8.56. The van der Waals surface area contributed by atoms with Crippen molar-refractivity contribution in [3.8, 4) is 11.3 Å². The number of hydrogen-bond donors (Lipinski definition) is 1. The van der Waals surface area contributed by atoms with Gasteiger partial charge in [0.05, 0.1) is 22.8 Å². The van der Waals surface area contributed by atoms with Crippen molar-refractivity contribution in [1.82, 2.24) is 25.0 Å². The largest absolute Gasteiger partial charge is 0.349 e. The molecule has 3 heterocycles. The van der Waals surface area contributed by atoms with Gasteiger partial charge < -0.3 is 5.32 Å². The zero-order valence-electron chi connectivity index (χ0n) is 19.9. The van der Waals surface area contributed by atoms with Crippen LogP contribution in [0.5, 0.6) is 0 Å². The number of benzene rings is 2. The van der Waals surface area contributed by atoms with E-state index >= 15 is 0 Å². The number of nitrogens with zero attached hydrogens (tertiary/aromatic N) is 4. The molecule has 1 aliphatic rings. The lowest BCUT2D eigenvalue weighted by molar-refractivity contribution is 0.0910. The van der Waals surface area contributed by atoms with E-state index in [1.165, 1.54) is 11.1 Å². The molecule has 0 radical (unpaired) electrons. The molecular formula is C28H31N5O. The molecule has 34 heavy (non-hydrogen) atoms. The molecule has 1 fully saturated rings. The number of amides is 1. The number of rotatable bonds is 6. The predicted molar refractivity (Wildman–Crippen MR) is 136 cm³/mol. The fraction of sp³-hybridized carbons (Fsp3) is 0.321. The topological polar surface area (TPSA) is 63.1 Å². The second-order valence-corrected chi connectivity index (χ2v) is 9.13. The van der Waals surface area contributed by atoms with E-state index in [2.05, 4.69) is 46.5 Å². The van der Waals surface area contributed by atoms with Crippen molar-refractivity contribution in [1.29, 1.82) is 0 Å². The summed E-state index contributed by atoms with van der Waals surface area (Å²) < 4.78 is 1.85. The Labute approximate surface area is 200 Å². The molecule has 0 aliphatic carbocycles. The van der Waals surface area contributed by atoms with Crippen LogP contribution >= 0.6 is 0 Å². The number of nitrogens with one attached hydrogen (secondary N) is 1.